The summed E-state index contributed by atoms with van der Waals surface area (Å²) >= 11 is 0. The minimum atomic E-state index is 0.249. The van der Waals surface area contributed by atoms with Gasteiger partial charge in [-0.2, -0.15) is 0 Å². The molecule has 0 spiro atoms. The highest BCUT2D eigenvalue weighted by molar-refractivity contribution is 5.31. The average Bonchev–Trinajstić information content (AvgIpc) is 3.15. The van der Waals surface area contributed by atoms with E-state index in [4.69, 9.17) is 0 Å². The first-order valence-corrected chi connectivity index (χ1v) is 9.51. The summed E-state index contributed by atoms with van der Waals surface area (Å²) in [6.45, 7) is 3.30. The lowest BCUT2D eigenvalue weighted by atomic mass is 9.97. The normalized spacial score (nSPS) is 17.7. The minimum absolute atomic E-state index is 0.249. The molecule has 0 saturated carbocycles. The van der Waals surface area contributed by atoms with Gasteiger partial charge < -0.3 is 5.32 Å². The van der Waals surface area contributed by atoms with Gasteiger partial charge in [-0.3, -0.25) is 4.90 Å². The zero-order chi connectivity index (χ0) is 17.6. The van der Waals surface area contributed by atoms with Crippen molar-refractivity contribution < 1.29 is 0 Å². The van der Waals surface area contributed by atoms with Gasteiger partial charge in [0.05, 0.1) is 6.04 Å². The number of nitrogens with zero attached hydrogens (tertiary/aromatic N) is 1. The van der Waals surface area contributed by atoms with Crippen LogP contribution in [-0.4, -0.2) is 24.0 Å². The fourth-order valence-corrected chi connectivity index (χ4v) is 3.87. The number of hydrogen-bond acceptors (Lipinski definition) is 2. The van der Waals surface area contributed by atoms with Gasteiger partial charge in [-0.05, 0) is 23.1 Å². The number of nitrogens with one attached hydrogen (secondary N) is 1. The topological polar surface area (TPSA) is 15.3 Å². The molecule has 1 aliphatic rings. The third-order valence-electron chi connectivity index (χ3n) is 5.19. The van der Waals surface area contributed by atoms with Crippen LogP contribution in [0.15, 0.2) is 91.0 Å². The molecule has 0 amide bonds. The summed E-state index contributed by atoms with van der Waals surface area (Å²) in [4.78, 5) is 2.56. The molecule has 0 bridgehead atoms. The van der Waals surface area contributed by atoms with Crippen molar-refractivity contribution in [3.63, 3.8) is 0 Å². The van der Waals surface area contributed by atoms with Crippen LogP contribution in [-0.2, 0) is 6.54 Å². The van der Waals surface area contributed by atoms with E-state index in [1.165, 1.54) is 23.1 Å². The highest BCUT2D eigenvalue weighted by Crippen LogP contribution is 2.24. The molecule has 2 heteroatoms. The molecular formula is C24H26N2. The molecule has 1 saturated heterocycles. The second-order valence-electron chi connectivity index (χ2n) is 7.13. The van der Waals surface area contributed by atoms with Crippen molar-refractivity contribution in [3.05, 3.63) is 108 Å². The van der Waals surface area contributed by atoms with E-state index in [9.17, 15) is 0 Å². The van der Waals surface area contributed by atoms with Gasteiger partial charge in [0.15, 0.2) is 0 Å². The summed E-state index contributed by atoms with van der Waals surface area (Å²) in [5.74, 6) is 0. The zero-order valence-corrected chi connectivity index (χ0v) is 15.1. The van der Waals surface area contributed by atoms with Crippen LogP contribution in [0.3, 0.4) is 0 Å². The van der Waals surface area contributed by atoms with Crippen molar-refractivity contribution in [2.45, 2.75) is 25.0 Å². The van der Waals surface area contributed by atoms with Crippen LogP contribution < -0.4 is 5.32 Å². The second-order valence-corrected chi connectivity index (χ2v) is 7.13. The molecule has 1 heterocycles. The molecule has 3 aromatic rings. The molecule has 132 valence electrons. The fraction of sp³-hybridized carbons (Fsp3) is 0.250. The van der Waals surface area contributed by atoms with Gasteiger partial charge in [-0.15, -0.1) is 0 Å². The molecule has 0 aromatic heterocycles. The lowest BCUT2D eigenvalue weighted by Crippen LogP contribution is -2.35. The monoisotopic (exact) mass is 342 g/mol. The summed E-state index contributed by atoms with van der Waals surface area (Å²) in [5.41, 5.74) is 4.07. The predicted molar refractivity (Wildman–Crippen MR) is 108 cm³/mol. The summed E-state index contributed by atoms with van der Waals surface area (Å²) in [5, 5.41) is 3.92. The lowest BCUT2D eigenvalue weighted by molar-refractivity contribution is 0.317. The van der Waals surface area contributed by atoms with E-state index >= 15 is 0 Å². The molecule has 1 aliphatic heterocycles. The summed E-state index contributed by atoms with van der Waals surface area (Å²) in [7, 11) is 0. The Bertz CT molecular complexity index is 747. The molecule has 3 aromatic carbocycles. The van der Waals surface area contributed by atoms with Crippen LogP contribution >= 0.6 is 0 Å². The molecule has 0 radical (unpaired) electrons. The van der Waals surface area contributed by atoms with Crippen LogP contribution in [0.2, 0.25) is 0 Å². The average molecular weight is 342 g/mol. The maximum Gasteiger partial charge on any atom is 0.0579 e. The van der Waals surface area contributed by atoms with Crippen LogP contribution in [0.1, 0.15) is 29.2 Å². The Morgan fingerprint density at radius 3 is 1.88 bits per heavy atom. The molecule has 1 atom stereocenters. The van der Waals surface area contributed by atoms with E-state index in [2.05, 4.69) is 101 Å². The van der Waals surface area contributed by atoms with E-state index in [1.54, 1.807) is 0 Å². The minimum Gasteiger partial charge on any atom is -0.302 e. The van der Waals surface area contributed by atoms with Gasteiger partial charge in [-0.25, -0.2) is 0 Å². The van der Waals surface area contributed by atoms with E-state index < -0.39 is 0 Å². The molecule has 26 heavy (non-hydrogen) atoms. The fourth-order valence-electron chi connectivity index (χ4n) is 3.87. The maximum absolute atomic E-state index is 3.92. The summed E-state index contributed by atoms with van der Waals surface area (Å²) in [6.07, 6.45) is 1.20. The van der Waals surface area contributed by atoms with Gasteiger partial charge in [-0.1, -0.05) is 91.0 Å². The van der Waals surface area contributed by atoms with Crippen molar-refractivity contribution >= 4 is 0 Å². The van der Waals surface area contributed by atoms with E-state index in [-0.39, 0.29) is 6.04 Å². The van der Waals surface area contributed by atoms with Gasteiger partial charge in [0, 0.05) is 25.7 Å². The summed E-state index contributed by atoms with van der Waals surface area (Å²) in [6, 6.07) is 33.1. The van der Waals surface area contributed by atoms with Gasteiger partial charge in [0.1, 0.15) is 0 Å². The Labute approximate surface area is 156 Å². The van der Waals surface area contributed by atoms with Crippen LogP contribution in [0, 0.1) is 0 Å². The van der Waals surface area contributed by atoms with Crippen molar-refractivity contribution in [2.75, 3.05) is 13.1 Å². The van der Waals surface area contributed by atoms with E-state index in [0.29, 0.717) is 6.04 Å². The van der Waals surface area contributed by atoms with Crippen LogP contribution in [0.5, 0.6) is 0 Å². The largest absolute Gasteiger partial charge is 0.302 e. The van der Waals surface area contributed by atoms with Crippen molar-refractivity contribution in [1.29, 1.82) is 0 Å². The third kappa shape index (κ3) is 4.21. The zero-order valence-electron chi connectivity index (χ0n) is 15.1. The van der Waals surface area contributed by atoms with Gasteiger partial charge in [0.25, 0.3) is 0 Å². The first kappa shape index (κ1) is 17.0. The molecule has 4 rings (SSSR count). The first-order chi connectivity index (χ1) is 12.9. The number of rotatable bonds is 6. The Morgan fingerprint density at radius 2 is 1.31 bits per heavy atom. The van der Waals surface area contributed by atoms with Crippen LogP contribution in [0.4, 0.5) is 0 Å². The smallest absolute Gasteiger partial charge is 0.0579 e. The maximum atomic E-state index is 3.92. The predicted octanol–water partition coefficient (Wildman–Crippen LogP) is 4.64. The SMILES string of the molecule is c1ccc(CN2CCC(NC(c3ccccc3)c3ccccc3)C2)cc1. The van der Waals surface area contributed by atoms with E-state index in [1.807, 2.05) is 0 Å². The Kier molecular flexibility index (Phi) is 5.44. The first-order valence-electron chi connectivity index (χ1n) is 9.51. The Balaban J connectivity index is 1.45. The molecular weight excluding hydrogens is 316 g/mol. The second kappa shape index (κ2) is 8.31. The van der Waals surface area contributed by atoms with Crippen LogP contribution in [0.25, 0.3) is 0 Å². The number of hydrogen-bond donors (Lipinski definition) is 1. The Hall–Kier alpha value is -2.42. The van der Waals surface area contributed by atoms with Crippen molar-refractivity contribution in [3.8, 4) is 0 Å². The molecule has 2 nitrogen and oxygen atoms in total. The van der Waals surface area contributed by atoms with Gasteiger partial charge >= 0.3 is 0 Å². The molecule has 1 N–H and O–H groups in total. The van der Waals surface area contributed by atoms with Crippen molar-refractivity contribution in [2.24, 2.45) is 0 Å². The Morgan fingerprint density at radius 1 is 0.769 bits per heavy atom. The third-order valence-corrected chi connectivity index (χ3v) is 5.19. The molecule has 1 fully saturated rings. The lowest BCUT2D eigenvalue weighted by Gasteiger charge is -2.24. The van der Waals surface area contributed by atoms with Gasteiger partial charge in [0.2, 0.25) is 0 Å². The molecule has 0 aliphatic carbocycles. The standard InChI is InChI=1S/C24H26N2/c1-4-10-20(11-5-1)18-26-17-16-23(19-26)25-24(21-12-6-2-7-13-21)22-14-8-3-9-15-22/h1-15,23-25H,16-19H2. The number of likely N-dealkylation sites (tertiary alicyclic amines) is 1. The number of benzene rings is 3. The molecule has 1 unspecified atom stereocenters. The summed E-state index contributed by atoms with van der Waals surface area (Å²) < 4.78 is 0. The van der Waals surface area contributed by atoms with Crippen molar-refractivity contribution in [1.82, 2.24) is 10.2 Å². The highest BCUT2D eigenvalue weighted by atomic mass is 15.2. The van der Waals surface area contributed by atoms with E-state index in [0.717, 1.165) is 19.6 Å². The highest BCUT2D eigenvalue weighted by Gasteiger charge is 2.25. The quantitative estimate of drug-likeness (QED) is 0.702.